The van der Waals surface area contributed by atoms with Gasteiger partial charge < -0.3 is 17.2 Å². The van der Waals surface area contributed by atoms with Crippen molar-refractivity contribution >= 4 is 65.5 Å². The number of anilines is 3. The SMILES string of the molecule is Nc1nc(N)nc(N)n1.P.[CaH2]. The van der Waals surface area contributed by atoms with E-state index in [9.17, 15) is 0 Å². The second-order valence-corrected chi connectivity index (χ2v) is 1.41. The Morgan fingerprint density at radius 3 is 1.09 bits per heavy atom. The number of rotatable bonds is 0. The van der Waals surface area contributed by atoms with Gasteiger partial charge in [-0.05, 0) is 0 Å². The summed E-state index contributed by atoms with van der Waals surface area (Å²) >= 11 is 0. The van der Waals surface area contributed by atoms with Crippen LogP contribution in [0.3, 0.4) is 0 Å². The van der Waals surface area contributed by atoms with E-state index in [0.717, 1.165) is 0 Å². The van der Waals surface area contributed by atoms with Crippen LogP contribution in [-0.4, -0.2) is 52.7 Å². The van der Waals surface area contributed by atoms with Gasteiger partial charge in [0.25, 0.3) is 0 Å². The minimum atomic E-state index is 0. The molecule has 1 aromatic heterocycles. The van der Waals surface area contributed by atoms with Crippen molar-refractivity contribution in [1.29, 1.82) is 0 Å². The summed E-state index contributed by atoms with van der Waals surface area (Å²) in [5, 5.41) is 0. The second-order valence-electron chi connectivity index (χ2n) is 1.41. The monoisotopic (exact) mass is 202 g/mol. The predicted molar refractivity (Wildman–Crippen MR) is 52.7 cm³/mol. The molecule has 6 N–H and O–H groups in total. The zero-order valence-corrected chi connectivity index (χ0v) is 6.70. The summed E-state index contributed by atoms with van der Waals surface area (Å²) in [7, 11) is 0. The van der Waals surface area contributed by atoms with E-state index in [4.69, 9.17) is 17.2 Å². The molecule has 0 spiro atoms. The first-order valence-electron chi connectivity index (χ1n) is 2.21. The molecule has 0 aliphatic heterocycles. The number of aromatic nitrogens is 3. The van der Waals surface area contributed by atoms with Crippen LogP contribution < -0.4 is 17.2 Å². The summed E-state index contributed by atoms with van der Waals surface area (Å²) in [5.41, 5.74) is 15.4. The Kier molecular flexibility index (Phi) is 7.10. The molecule has 1 unspecified atom stereocenters. The van der Waals surface area contributed by atoms with Gasteiger partial charge in [0.1, 0.15) is 0 Å². The summed E-state index contributed by atoms with van der Waals surface area (Å²) in [4.78, 5) is 10.5. The molecule has 0 radical (unpaired) electrons. The fraction of sp³-hybridized carbons (Fsp3) is 0. The minimum absolute atomic E-state index is 0. The van der Waals surface area contributed by atoms with Gasteiger partial charge in [0, 0.05) is 0 Å². The Morgan fingerprint density at radius 1 is 0.727 bits per heavy atom. The number of nitrogen functional groups attached to an aromatic ring is 3. The molecule has 0 amide bonds. The quantitative estimate of drug-likeness (QED) is 0.323. The summed E-state index contributed by atoms with van der Waals surface area (Å²) in [5.74, 6) is 0.125. The fourth-order valence-corrected chi connectivity index (χ4v) is 0.427. The van der Waals surface area contributed by atoms with Gasteiger partial charge in [0.2, 0.25) is 17.8 Å². The van der Waals surface area contributed by atoms with E-state index in [1.54, 1.807) is 0 Å². The van der Waals surface area contributed by atoms with Crippen molar-refractivity contribution in [3.8, 4) is 0 Å². The Hall–Kier alpha value is 0.0997. The van der Waals surface area contributed by atoms with E-state index in [-0.39, 0.29) is 65.5 Å². The molecule has 0 aliphatic carbocycles. The molecule has 1 atom stereocenters. The summed E-state index contributed by atoms with van der Waals surface area (Å²) in [6, 6.07) is 0. The van der Waals surface area contributed by atoms with Crippen LogP contribution in [0.5, 0.6) is 0 Å². The van der Waals surface area contributed by atoms with Crippen LogP contribution in [0, 0.1) is 0 Å². The molecule has 1 rings (SSSR count). The third-order valence-corrected chi connectivity index (χ3v) is 0.687. The van der Waals surface area contributed by atoms with Gasteiger partial charge in [-0.25, -0.2) is 0 Å². The molecule has 0 saturated carbocycles. The fourth-order valence-electron chi connectivity index (χ4n) is 0.427. The first-order valence-corrected chi connectivity index (χ1v) is 2.21. The Labute approximate surface area is 97.0 Å². The van der Waals surface area contributed by atoms with Gasteiger partial charge in [-0.15, -0.1) is 0 Å². The van der Waals surface area contributed by atoms with Gasteiger partial charge in [-0.2, -0.15) is 24.9 Å². The molecule has 0 bridgehead atoms. The first kappa shape index (κ1) is 13.7. The molecule has 0 aliphatic rings. The maximum absolute atomic E-state index is 5.14. The maximum atomic E-state index is 5.14. The third kappa shape index (κ3) is 4.53. The Bertz CT molecular complexity index is 179. The van der Waals surface area contributed by atoms with E-state index in [1.165, 1.54) is 0 Å². The van der Waals surface area contributed by atoms with Crippen LogP contribution in [0.4, 0.5) is 17.8 Å². The summed E-state index contributed by atoms with van der Waals surface area (Å²) in [6.45, 7) is 0. The second kappa shape index (κ2) is 5.71. The van der Waals surface area contributed by atoms with Crippen molar-refractivity contribution in [3.05, 3.63) is 0 Å². The van der Waals surface area contributed by atoms with Crippen LogP contribution in [0.15, 0.2) is 0 Å². The molecule has 60 valence electrons. The van der Waals surface area contributed by atoms with Crippen LogP contribution in [0.2, 0.25) is 0 Å². The average molecular weight is 202 g/mol. The zero-order valence-electron chi connectivity index (χ0n) is 5.28. The number of hydrogen-bond donors (Lipinski definition) is 3. The van der Waals surface area contributed by atoms with Crippen molar-refractivity contribution in [3.63, 3.8) is 0 Å². The van der Waals surface area contributed by atoms with Gasteiger partial charge in [0.15, 0.2) is 0 Å². The van der Waals surface area contributed by atoms with Crippen LogP contribution in [0.25, 0.3) is 0 Å². The summed E-state index contributed by atoms with van der Waals surface area (Å²) < 4.78 is 0. The van der Waals surface area contributed by atoms with Gasteiger partial charge in [-0.3, -0.25) is 0 Å². The van der Waals surface area contributed by atoms with Crippen molar-refractivity contribution in [2.45, 2.75) is 0 Å². The molecule has 0 fully saturated rings. The normalized spacial score (nSPS) is 7.64. The molecule has 6 nitrogen and oxygen atoms in total. The van der Waals surface area contributed by atoms with Gasteiger partial charge in [0.05, 0.1) is 0 Å². The first-order chi connectivity index (χ1) is 4.18. The Balaban J connectivity index is 0. The molecule has 1 aromatic rings. The van der Waals surface area contributed by atoms with Crippen molar-refractivity contribution in [1.82, 2.24) is 15.0 Å². The third-order valence-electron chi connectivity index (χ3n) is 0.687. The standard InChI is InChI=1S/C3H6N6.Ca.H3P.2H/c4-1-7-2(5)9-3(6)8-1;;;;/h(H6,4,5,6,7,8,9);;1H3;;. The van der Waals surface area contributed by atoms with E-state index in [0.29, 0.717) is 0 Å². The number of nitrogens with two attached hydrogens (primary N) is 3. The van der Waals surface area contributed by atoms with Gasteiger partial charge >= 0.3 is 37.7 Å². The van der Waals surface area contributed by atoms with E-state index < -0.39 is 0 Å². The Morgan fingerprint density at radius 2 is 0.909 bits per heavy atom. The summed E-state index contributed by atoms with van der Waals surface area (Å²) in [6.07, 6.45) is 0. The van der Waals surface area contributed by atoms with E-state index in [1.807, 2.05) is 0 Å². The molecule has 11 heavy (non-hydrogen) atoms. The number of hydrogen-bond acceptors (Lipinski definition) is 6. The van der Waals surface area contributed by atoms with Crippen molar-refractivity contribution in [2.75, 3.05) is 17.2 Å². The topological polar surface area (TPSA) is 117 Å². The van der Waals surface area contributed by atoms with Crippen molar-refractivity contribution in [2.24, 2.45) is 0 Å². The van der Waals surface area contributed by atoms with E-state index >= 15 is 0 Å². The molecular formula is C3H11CaN6P. The zero-order chi connectivity index (χ0) is 6.85. The van der Waals surface area contributed by atoms with Crippen LogP contribution in [-0.2, 0) is 0 Å². The van der Waals surface area contributed by atoms with E-state index in [2.05, 4.69) is 15.0 Å². The van der Waals surface area contributed by atoms with Crippen LogP contribution in [0.1, 0.15) is 0 Å². The molecular weight excluding hydrogens is 191 g/mol. The number of nitrogens with zero attached hydrogens (tertiary/aromatic N) is 3. The van der Waals surface area contributed by atoms with Gasteiger partial charge in [-0.1, -0.05) is 0 Å². The predicted octanol–water partition coefficient (Wildman–Crippen LogP) is -2.24. The van der Waals surface area contributed by atoms with Crippen LogP contribution >= 0.6 is 9.90 Å². The molecule has 0 saturated heterocycles. The van der Waals surface area contributed by atoms with Crippen molar-refractivity contribution < 1.29 is 0 Å². The average Bonchev–Trinajstić information content (AvgIpc) is 1.59. The molecule has 8 heteroatoms. The molecule has 0 aromatic carbocycles. The molecule has 1 heterocycles.